The number of nitrogens with one attached hydrogen (secondary N) is 2. The van der Waals surface area contributed by atoms with Crippen molar-refractivity contribution in [3.05, 3.63) is 77.4 Å². The lowest BCUT2D eigenvalue weighted by Gasteiger charge is -2.41. The number of hydrogen-bond acceptors (Lipinski definition) is 6. The molecule has 5 rings (SSSR count). The van der Waals surface area contributed by atoms with E-state index in [1.54, 1.807) is 16.8 Å². The van der Waals surface area contributed by atoms with E-state index in [9.17, 15) is 14.0 Å². The summed E-state index contributed by atoms with van der Waals surface area (Å²) in [6.07, 6.45) is 4.70. The van der Waals surface area contributed by atoms with Crippen molar-refractivity contribution < 1.29 is 18.7 Å². The van der Waals surface area contributed by atoms with Gasteiger partial charge in [-0.2, -0.15) is 0 Å². The van der Waals surface area contributed by atoms with Crippen LogP contribution in [0, 0.1) is 11.2 Å². The first-order valence-electron chi connectivity index (χ1n) is 13.5. The quantitative estimate of drug-likeness (QED) is 0.522. The maximum Gasteiger partial charge on any atom is 0.242 e. The second kappa shape index (κ2) is 11.9. The van der Waals surface area contributed by atoms with Crippen molar-refractivity contribution >= 4 is 11.8 Å². The molecule has 3 heterocycles. The first kappa shape index (κ1) is 26.8. The Morgan fingerprint density at radius 3 is 2.64 bits per heavy atom. The van der Waals surface area contributed by atoms with Gasteiger partial charge in [-0.05, 0) is 55.6 Å². The number of carbonyl (C=O) groups excluding carboxylic acids is 2. The molecule has 2 N–H and O–H groups in total. The van der Waals surface area contributed by atoms with Crippen molar-refractivity contribution in [3.8, 4) is 5.75 Å². The molecule has 1 spiro atoms. The molecule has 0 radical (unpaired) electrons. The first-order valence-corrected chi connectivity index (χ1v) is 13.5. The largest absolute Gasteiger partial charge is 0.494 e. The van der Waals surface area contributed by atoms with Crippen molar-refractivity contribution in [3.63, 3.8) is 0 Å². The Hall–Kier alpha value is -3.79. The van der Waals surface area contributed by atoms with Crippen LogP contribution in [0.4, 0.5) is 4.39 Å². The van der Waals surface area contributed by atoms with E-state index in [0.717, 1.165) is 23.2 Å². The van der Waals surface area contributed by atoms with Crippen LogP contribution in [-0.2, 0) is 35.5 Å². The van der Waals surface area contributed by atoms with Crippen molar-refractivity contribution in [2.45, 2.75) is 51.2 Å². The zero-order valence-electron chi connectivity index (χ0n) is 22.2. The SMILES string of the molecule is COc1cc(CN2CCC3(CC2)Cc2cn(nn2)CCCNC(=O)[C@H](Cc2ccccc2)NC3=O)ccc1F. The maximum atomic E-state index is 14.0. The van der Waals surface area contributed by atoms with Crippen LogP contribution in [0.5, 0.6) is 5.75 Å². The van der Waals surface area contributed by atoms with Gasteiger partial charge in [0.2, 0.25) is 11.8 Å². The number of carbonyl (C=O) groups is 2. The Labute approximate surface area is 227 Å². The highest BCUT2D eigenvalue weighted by Gasteiger charge is 2.43. The van der Waals surface area contributed by atoms with Crippen LogP contribution < -0.4 is 15.4 Å². The number of rotatable bonds is 5. The number of likely N-dealkylation sites (tertiary alicyclic amines) is 1. The summed E-state index contributed by atoms with van der Waals surface area (Å²) in [6, 6.07) is 14.0. The fourth-order valence-electron chi connectivity index (χ4n) is 5.51. The predicted octanol–water partition coefficient (Wildman–Crippen LogP) is 2.50. The molecule has 10 heteroatoms. The van der Waals surface area contributed by atoms with E-state index in [1.165, 1.54) is 13.2 Å². The van der Waals surface area contributed by atoms with Gasteiger partial charge in [0, 0.05) is 38.7 Å². The van der Waals surface area contributed by atoms with Crippen LogP contribution in [0.1, 0.15) is 36.1 Å². The minimum Gasteiger partial charge on any atom is -0.494 e. The Bertz CT molecular complexity index is 1290. The summed E-state index contributed by atoms with van der Waals surface area (Å²) in [5, 5.41) is 14.7. The van der Waals surface area contributed by atoms with Crippen molar-refractivity contribution in [1.82, 2.24) is 30.5 Å². The van der Waals surface area contributed by atoms with Crippen molar-refractivity contribution in [2.75, 3.05) is 26.7 Å². The van der Waals surface area contributed by atoms with Crippen LogP contribution in [0.3, 0.4) is 0 Å². The average Bonchev–Trinajstić information content (AvgIpc) is 3.39. The summed E-state index contributed by atoms with van der Waals surface area (Å²) in [7, 11) is 1.46. The number of amides is 2. The highest BCUT2D eigenvalue weighted by molar-refractivity contribution is 5.90. The molecule has 1 aromatic heterocycles. The summed E-state index contributed by atoms with van der Waals surface area (Å²) < 4.78 is 20.8. The highest BCUT2D eigenvalue weighted by Crippen LogP contribution is 2.36. The molecule has 3 aromatic rings. The third-order valence-corrected chi connectivity index (χ3v) is 7.79. The fraction of sp³-hybridized carbons (Fsp3) is 0.448. The number of aromatic nitrogens is 3. The maximum absolute atomic E-state index is 14.0. The third kappa shape index (κ3) is 6.44. The lowest BCUT2D eigenvalue weighted by molar-refractivity contribution is -0.137. The summed E-state index contributed by atoms with van der Waals surface area (Å²) in [4.78, 5) is 29.5. The topological polar surface area (TPSA) is 101 Å². The van der Waals surface area contributed by atoms with Gasteiger partial charge in [0.05, 0.1) is 18.2 Å². The molecule has 0 unspecified atom stereocenters. The number of nitrogens with zero attached hydrogens (tertiary/aromatic N) is 4. The monoisotopic (exact) mass is 534 g/mol. The molecule has 2 bridgehead atoms. The minimum atomic E-state index is -0.721. The van der Waals surface area contributed by atoms with E-state index in [4.69, 9.17) is 4.74 Å². The number of ether oxygens (including phenoxy) is 1. The molecule has 206 valence electrons. The van der Waals surface area contributed by atoms with Crippen LogP contribution >= 0.6 is 0 Å². The molecular weight excluding hydrogens is 499 g/mol. The smallest absolute Gasteiger partial charge is 0.242 e. The predicted molar refractivity (Wildman–Crippen MR) is 143 cm³/mol. The lowest BCUT2D eigenvalue weighted by atomic mass is 9.73. The first-order chi connectivity index (χ1) is 18.9. The molecule has 9 nitrogen and oxygen atoms in total. The molecule has 2 amide bonds. The van der Waals surface area contributed by atoms with Gasteiger partial charge in [-0.3, -0.25) is 19.2 Å². The Morgan fingerprint density at radius 2 is 1.87 bits per heavy atom. The fourth-order valence-corrected chi connectivity index (χ4v) is 5.51. The number of methoxy groups -OCH3 is 1. The molecule has 2 aliphatic heterocycles. The van der Waals surface area contributed by atoms with E-state index in [2.05, 4.69) is 25.8 Å². The van der Waals surface area contributed by atoms with Crippen LogP contribution in [0.25, 0.3) is 0 Å². The van der Waals surface area contributed by atoms with Crippen LogP contribution in [0.2, 0.25) is 0 Å². The number of fused-ring (bicyclic) bond motifs is 2. The Balaban J connectivity index is 1.36. The Morgan fingerprint density at radius 1 is 1.08 bits per heavy atom. The highest BCUT2D eigenvalue weighted by atomic mass is 19.1. The zero-order chi connectivity index (χ0) is 27.2. The number of halogens is 1. The molecule has 2 aliphatic rings. The number of aryl methyl sites for hydroxylation is 1. The zero-order valence-corrected chi connectivity index (χ0v) is 22.2. The van der Waals surface area contributed by atoms with Gasteiger partial charge < -0.3 is 15.4 Å². The van der Waals surface area contributed by atoms with Gasteiger partial charge in [0.25, 0.3) is 0 Å². The third-order valence-electron chi connectivity index (χ3n) is 7.79. The van der Waals surface area contributed by atoms with Crippen molar-refractivity contribution in [2.24, 2.45) is 5.41 Å². The summed E-state index contributed by atoms with van der Waals surface area (Å²) in [5.74, 6) is -0.471. The van der Waals surface area contributed by atoms with Crippen LogP contribution in [0.15, 0.2) is 54.7 Å². The molecule has 2 aromatic carbocycles. The van der Waals surface area contributed by atoms with E-state index >= 15 is 0 Å². The van der Waals surface area contributed by atoms with E-state index in [-0.39, 0.29) is 23.4 Å². The molecular formula is C29H35FN6O3. The Kier molecular flexibility index (Phi) is 8.21. The van der Waals surface area contributed by atoms with Gasteiger partial charge in [-0.15, -0.1) is 5.10 Å². The standard InChI is InChI=1S/C29H35FN6O3/c1-39-26-17-22(8-9-24(26)30)19-35-14-10-29(11-15-35)18-23-20-36(34-33-23)13-5-12-31-27(37)25(32-28(29)38)16-21-6-3-2-4-7-21/h2-4,6-9,17,20,25H,5,10-16,18-19H2,1H3,(H,31,37)(H,32,38)/t25-/m0/s1. The van der Waals surface area contributed by atoms with Gasteiger partial charge >= 0.3 is 0 Å². The lowest BCUT2D eigenvalue weighted by Crippen LogP contribution is -2.56. The average molecular weight is 535 g/mol. The van der Waals surface area contributed by atoms with E-state index in [0.29, 0.717) is 58.4 Å². The molecule has 1 fully saturated rings. The second-order valence-electron chi connectivity index (χ2n) is 10.5. The van der Waals surface area contributed by atoms with Gasteiger partial charge in [-0.1, -0.05) is 41.6 Å². The van der Waals surface area contributed by atoms with Crippen LogP contribution in [-0.4, -0.2) is 64.5 Å². The number of hydrogen-bond donors (Lipinski definition) is 2. The summed E-state index contributed by atoms with van der Waals surface area (Å²) in [5.41, 5.74) is 2.00. The van der Waals surface area contributed by atoms with Crippen molar-refractivity contribution in [1.29, 1.82) is 0 Å². The van der Waals surface area contributed by atoms with Gasteiger partial charge in [-0.25, -0.2) is 4.39 Å². The number of piperidine rings is 1. The normalized spacial score (nSPS) is 20.3. The van der Waals surface area contributed by atoms with E-state index < -0.39 is 11.5 Å². The summed E-state index contributed by atoms with van der Waals surface area (Å²) in [6.45, 7) is 3.11. The van der Waals surface area contributed by atoms with Gasteiger partial charge in [0.1, 0.15) is 6.04 Å². The molecule has 1 atom stereocenters. The molecule has 0 aliphatic carbocycles. The second-order valence-corrected chi connectivity index (χ2v) is 10.5. The molecule has 39 heavy (non-hydrogen) atoms. The summed E-state index contributed by atoms with van der Waals surface area (Å²) >= 11 is 0. The van der Waals surface area contributed by atoms with Gasteiger partial charge in [0.15, 0.2) is 11.6 Å². The minimum absolute atomic E-state index is 0.129. The number of benzene rings is 2. The molecule has 0 saturated carbocycles. The molecule has 1 saturated heterocycles. The van der Waals surface area contributed by atoms with E-state index in [1.807, 2.05) is 36.5 Å².